The molecule has 0 heterocycles. The van der Waals surface area contributed by atoms with Crippen LogP contribution in [-0.2, 0) is 9.59 Å². The summed E-state index contributed by atoms with van der Waals surface area (Å²) in [6.07, 6.45) is 0.640. The highest BCUT2D eigenvalue weighted by Gasteiger charge is 2.25. The van der Waals surface area contributed by atoms with Crippen LogP contribution in [-0.4, -0.2) is 17.4 Å². The molecule has 0 aromatic carbocycles. The van der Waals surface area contributed by atoms with E-state index in [4.69, 9.17) is 5.11 Å². The second kappa shape index (κ2) is 3.51. The first-order valence-corrected chi connectivity index (χ1v) is 3.55. The normalized spacial score (nSPS) is 14.1. The highest BCUT2D eigenvalue weighted by molar-refractivity contribution is 5.72. The summed E-state index contributed by atoms with van der Waals surface area (Å²) in [5.41, 5.74) is -0.250. The molecular weight excluding hydrogens is 144 g/mol. The minimum Gasteiger partial charge on any atom is -0.481 e. The molecule has 11 heavy (non-hydrogen) atoms. The SMILES string of the molecule is CC(C)(C)[C@H](C=O)CC(=O)O. The molecule has 3 nitrogen and oxygen atoms in total. The van der Waals surface area contributed by atoms with Crippen LogP contribution in [0.3, 0.4) is 0 Å². The van der Waals surface area contributed by atoms with Gasteiger partial charge in [-0.3, -0.25) is 4.79 Å². The van der Waals surface area contributed by atoms with Gasteiger partial charge in [0, 0.05) is 5.92 Å². The minimum absolute atomic E-state index is 0.0764. The first-order valence-electron chi connectivity index (χ1n) is 3.55. The van der Waals surface area contributed by atoms with Crippen LogP contribution in [0.25, 0.3) is 0 Å². The van der Waals surface area contributed by atoms with Gasteiger partial charge in [0.15, 0.2) is 0 Å². The Morgan fingerprint density at radius 2 is 2.00 bits per heavy atom. The van der Waals surface area contributed by atoms with E-state index in [2.05, 4.69) is 0 Å². The summed E-state index contributed by atoms with van der Waals surface area (Å²) < 4.78 is 0. The zero-order chi connectivity index (χ0) is 9.07. The van der Waals surface area contributed by atoms with Crippen molar-refractivity contribution in [3.63, 3.8) is 0 Å². The van der Waals surface area contributed by atoms with Crippen molar-refractivity contribution in [3.8, 4) is 0 Å². The molecule has 0 amide bonds. The first kappa shape index (κ1) is 10.1. The molecule has 0 radical (unpaired) electrons. The predicted octanol–water partition coefficient (Wildman–Crippen LogP) is 1.32. The van der Waals surface area contributed by atoms with Gasteiger partial charge in [0.25, 0.3) is 0 Å². The summed E-state index contributed by atoms with van der Waals surface area (Å²) in [7, 11) is 0. The summed E-state index contributed by atoms with van der Waals surface area (Å²) in [6.45, 7) is 5.57. The molecule has 0 rings (SSSR count). The molecule has 64 valence electrons. The minimum atomic E-state index is -0.919. The molecule has 1 atom stereocenters. The van der Waals surface area contributed by atoms with Crippen LogP contribution in [0.2, 0.25) is 0 Å². The molecule has 0 aliphatic carbocycles. The third kappa shape index (κ3) is 3.75. The van der Waals surface area contributed by atoms with E-state index >= 15 is 0 Å². The third-order valence-electron chi connectivity index (χ3n) is 1.67. The Morgan fingerprint density at radius 3 is 2.09 bits per heavy atom. The van der Waals surface area contributed by atoms with Crippen LogP contribution in [0, 0.1) is 11.3 Å². The van der Waals surface area contributed by atoms with Crippen molar-refractivity contribution in [3.05, 3.63) is 0 Å². The monoisotopic (exact) mass is 158 g/mol. The van der Waals surface area contributed by atoms with Crippen LogP contribution in [0.4, 0.5) is 0 Å². The van der Waals surface area contributed by atoms with Crippen molar-refractivity contribution in [2.24, 2.45) is 11.3 Å². The van der Waals surface area contributed by atoms with Crippen LogP contribution in [0.5, 0.6) is 0 Å². The summed E-state index contributed by atoms with van der Waals surface area (Å²) in [4.78, 5) is 20.7. The Bertz CT molecular complexity index is 155. The van der Waals surface area contributed by atoms with E-state index in [9.17, 15) is 9.59 Å². The molecule has 0 bridgehead atoms. The number of carbonyl (C=O) groups is 2. The number of carboxylic acids is 1. The second-order valence-corrected chi connectivity index (χ2v) is 3.71. The number of carboxylic acid groups (broad SMARTS) is 1. The quantitative estimate of drug-likeness (QED) is 0.630. The van der Waals surface area contributed by atoms with E-state index in [1.54, 1.807) is 0 Å². The summed E-state index contributed by atoms with van der Waals surface area (Å²) in [5, 5.41) is 8.42. The standard InChI is InChI=1S/C8H14O3/c1-8(2,3)6(5-9)4-7(10)11/h5-6H,4H2,1-3H3,(H,10,11)/t6-/m0/s1. The Balaban J connectivity index is 4.18. The lowest BCUT2D eigenvalue weighted by Crippen LogP contribution is -2.24. The van der Waals surface area contributed by atoms with Crippen LogP contribution >= 0.6 is 0 Å². The lowest BCUT2D eigenvalue weighted by molar-refractivity contribution is -0.140. The largest absolute Gasteiger partial charge is 0.481 e. The van der Waals surface area contributed by atoms with E-state index in [1.807, 2.05) is 20.8 Å². The maximum Gasteiger partial charge on any atom is 0.304 e. The predicted molar refractivity (Wildman–Crippen MR) is 41.3 cm³/mol. The number of carbonyl (C=O) groups excluding carboxylic acids is 1. The Kier molecular flexibility index (Phi) is 3.23. The fraction of sp³-hybridized carbons (Fsp3) is 0.750. The molecule has 0 spiro atoms. The number of hydrogen-bond donors (Lipinski definition) is 1. The Hall–Kier alpha value is -0.860. The lowest BCUT2D eigenvalue weighted by Gasteiger charge is -2.23. The van der Waals surface area contributed by atoms with Gasteiger partial charge in [-0.05, 0) is 5.41 Å². The van der Waals surface area contributed by atoms with Crippen molar-refractivity contribution in [1.82, 2.24) is 0 Å². The number of aliphatic carboxylic acids is 1. The summed E-state index contributed by atoms with van der Waals surface area (Å²) in [6, 6.07) is 0. The summed E-state index contributed by atoms with van der Waals surface area (Å²) >= 11 is 0. The van der Waals surface area contributed by atoms with Crippen LogP contribution < -0.4 is 0 Å². The fourth-order valence-corrected chi connectivity index (χ4v) is 0.747. The zero-order valence-electron chi connectivity index (χ0n) is 7.13. The van der Waals surface area contributed by atoms with E-state index in [0.29, 0.717) is 6.29 Å². The molecule has 0 aliphatic heterocycles. The van der Waals surface area contributed by atoms with Crippen LogP contribution in [0.15, 0.2) is 0 Å². The average molecular weight is 158 g/mol. The molecule has 1 N–H and O–H groups in total. The molecule has 0 aromatic heterocycles. The van der Waals surface area contributed by atoms with Crippen LogP contribution in [0.1, 0.15) is 27.2 Å². The van der Waals surface area contributed by atoms with Crippen molar-refractivity contribution in [2.75, 3.05) is 0 Å². The van der Waals surface area contributed by atoms with E-state index in [1.165, 1.54) is 0 Å². The molecule has 0 unspecified atom stereocenters. The van der Waals surface area contributed by atoms with Gasteiger partial charge in [-0.1, -0.05) is 20.8 Å². The smallest absolute Gasteiger partial charge is 0.304 e. The molecule has 0 aromatic rings. The molecule has 0 fully saturated rings. The van der Waals surface area contributed by atoms with Gasteiger partial charge in [-0.15, -0.1) is 0 Å². The van der Waals surface area contributed by atoms with Gasteiger partial charge >= 0.3 is 5.97 Å². The van der Waals surface area contributed by atoms with Gasteiger partial charge in [-0.25, -0.2) is 0 Å². The fourth-order valence-electron chi connectivity index (χ4n) is 0.747. The van der Waals surface area contributed by atoms with Crippen molar-refractivity contribution >= 4 is 12.3 Å². The topological polar surface area (TPSA) is 54.4 Å². The lowest BCUT2D eigenvalue weighted by atomic mass is 9.80. The van der Waals surface area contributed by atoms with E-state index < -0.39 is 5.97 Å². The third-order valence-corrected chi connectivity index (χ3v) is 1.67. The molecule has 3 heteroatoms. The van der Waals surface area contributed by atoms with E-state index in [-0.39, 0.29) is 17.8 Å². The number of aldehydes is 1. The average Bonchev–Trinajstić information content (AvgIpc) is 1.79. The van der Waals surface area contributed by atoms with Gasteiger partial charge in [0.1, 0.15) is 6.29 Å². The molecule has 0 saturated carbocycles. The number of hydrogen-bond acceptors (Lipinski definition) is 2. The Morgan fingerprint density at radius 1 is 1.55 bits per heavy atom. The molecule has 0 aliphatic rings. The van der Waals surface area contributed by atoms with Gasteiger partial charge < -0.3 is 9.90 Å². The van der Waals surface area contributed by atoms with Crippen molar-refractivity contribution in [1.29, 1.82) is 0 Å². The number of rotatable bonds is 3. The van der Waals surface area contributed by atoms with Crippen molar-refractivity contribution in [2.45, 2.75) is 27.2 Å². The highest BCUT2D eigenvalue weighted by atomic mass is 16.4. The highest BCUT2D eigenvalue weighted by Crippen LogP contribution is 2.26. The second-order valence-electron chi connectivity index (χ2n) is 3.71. The maximum absolute atomic E-state index is 10.4. The summed E-state index contributed by atoms with van der Waals surface area (Å²) in [5.74, 6) is -1.31. The molecular formula is C8H14O3. The first-order chi connectivity index (χ1) is 4.88. The van der Waals surface area contributed by atoms with Gasteiger partial charge in [0.05, 0.1) is 6.42 Å². The van der Waals surface area contributed by atoms with Crippen molar-refractivity contribution < 1.29 is 14.7 Å². The maximum atomic E-state index is 10.4. The molecule has 0 saturated heterocycles. The van der Waals surface area contributed by atoms with E-state index in [0.717, 1.165) is 0 Å². The van der Waals surface area contributed by atoms with Gasteiger partial charge in [-0.2, -0.15) is 0 Å². The zero-order valence-corrected chi connectivity index (χ0v) is 7.13. The Labute approximate surface area is 66.4 Å². The van der Waals surface area contributed by atoms with Gasteiger partial charge in [0.2, 0.25) is 0 Å².